The van der Waals surface area contributed by atoms with Crippen LogP contribution in [0.5, 0.6) is 0 Å². The summed E-state index contributed by atoms with van der Waals surface area (Å²) in [6.07, 6.45) is 0.903. The molecule has 0 spiro atoms. The highest BCUT2D eigenvalue weighted by molar-refractivity contribution is 7.10. The first kappa shape index (κ1) is 15.1. The van der Waals surface area contributed by atoms with Crippen molar-refractivity contribution >= 4 is 17.2 Å². The summed E-state index contributed by atoms with van der Waals surface area (Å²) in [5, 5.41) is 17.7. The largest absolute Gasteiger partial charge is 0.386 e. The third kappa shape index (κ3) is 5.62. The van der Waals surface area contributed by atoms with Crippen molar-refractivity contribution in [1.29, 1.82) is 0 Å². The van der Waals surface area contributed by atoms with Crippen molar-refractivity contribution in [3.8, 4) is 0 Å². The molecule has 102 valence electrons. The van der Waals surface area contributed by atoms with Gasteiger partial charge in [0.1, 0.15) is 6.10 Å². The fourth-order valence-corrected chi connectivity index (χ4v) is 2.18. The van der Waals surface area contributed by atoms with E-state index in [4.69, 9.17) is 0 Å². The Labute approximate surface area is 112 Å². The van der Waals surface area contributed by atoms with E-state index in [2.05, 4.69) is 10.6 Å². The van der Waals surface area contributed by atoms with Crippen LogP contribution in [0.2, 0.25) is 0 Å². The predicted molar refractivity (Wildman–Crippen MR) is 74.7 cm³/mol. The summed E-state index contributed by atoms with van der Waals surface area (Å²) in [6.45, 7) is 5.11. The van der Waals surface area contributed by atoms with Crippen LogP contribution in [0, 0.1) is 0 Å². The average Bonchev–Trinajstić information content (AvgIpc) is 2.88. The van der Waals surface area contributed by atoms with Crippen LogP contribution in [0.1, 0.15) is 37.7 Å². The van der Waals surface area contributed by atoms with Gasteiger partial charge in [0.05, 0.1) is 0 Å². The fourth-order valence-electron chi connectivity index (χ4n) is 1.47. The average molecular weight is 270 g/mol. The Hall–Kier alpha value is -0.910. The quantitative estimate of drug-likeness (QED) is 0.630. The second kappa shape index (κ2) is 8.24. The molecule has 1 amide bonds. The van der Waals surface area contributed by atoms with Crippen molar-refractivity contribution in [2.75, 3.05) is 13.1 Å². The van der Waals surface area contributed by atoms with Crippen molar-refractivity contribution in [1.82, 2.24) is 10.6 Å². The molecule has 0 bridgehead atoms. The van der Waals surface area contributed by atoms with Crippen molar-refractivity contribution < 1.29 is 9.90 Å². The van der Waals surface area contributed by atoms with Gasteiger partial charge in [-0.25, -0.2) is 0 Å². The highest BCUT2D eigenvalue weighted by atomic mass is 32.1. The van der Waals surface area contributed by atoms with Gasteiger partial charge in [0, 0.05) is 30.4 Å². The number of hydrogen-bond donors (Lipinski definition) is 3. The third-order valence-corrected chi connectivity index (χ3v) is 3.73. The summed E-state index contributed by atoms with van der Waals surface area (Å²) in [4.78, 5) is 12.4. The number of rotatable bonds is 8. The van der Waals surface area contributed by atoms with Gasteiger partial charge in [-0.2, -0.15) is 0 Å². The minimum atomic E-state index is -0.484. The maximum atomic E-state index is 11.5. The summed E-state index contributed by atoms with van der Waals surface area (Å²) in [5.74, 6) is 0.0578. The van der Waals surface area contributed by atoms with E-state index in [9.17, 15) is 9.90 Å². The Morgan fingerprint density at radius 1 is 1.56 bits per heavy atom. The van der Waals surface area contributed by atoms with Gasteiger partial charge >= 0.3 is 0 Å². The lowest BCUT2D eigenvalue weighted by Gasteiger charge is -2.12. The molecule has 3 N–H and O–H groups in total. The maximum absolute atomic E-state index is 11.5. The fraction of sp³-hybridized carbons (Fsp3) is 0.615. The number of thiophene rings is 1. The second-order valence-corrected chi connectivity index (χ2v) is 5.34. The minimum Gasteiger partial charge on any atom is -0.386 e. The highest BCUT2D eigenvalue weighted by Crippen LogP contribution is 2.17. The molecular formula is C13H22N2O2S. The van der Waals surface area contributed by atoms with E-state index in [1.165, 1.54) is 11.3 Å². The van der Waals surface area contributed by atoms with Gasteiger partial charge in [-0.05, 0) is 24.8 Å². The Morgan fingerprint density at radius 2 is 2.33 bits per heavy atom. The zero-order valence-corrected chi connectivity index (χ0v) is 11.8. The molecule has 0 saturated heterocycles. The zero-order valence-electron chi connectivity index (χ0n) is 11.0. The molecule has 0 aliphatic rings. The molecule has 2 atom stereocenters. The topological polar surface area (TPSA) is 61.4 Å². The summed E-state index contributed by atoms with van der Waals surface area (Å²) in [5.41, 5.74) is 0. The van der Waals surface area contributed by atoms with E-state index in [1.54, 1.807) is 0 Å². The smallest absolute Gasteiger partial charge is 0.221 e. The minimum absolute atomic E-state index is 0.0578. The van der Waals surface area contributed by atoms with E-state index in [0.717, 1.165) is 11.3 Å². The van der Waals surface area contributed by atoms with Crippen LogP contribution in [0.25, 0.3) is 0 Å². The molecule has 1 aromatic heterocycles. The Kier molecular flexibility index (Phi) is 6.93. The molecule has 0 aromatic carbocycles. The monoisotopic (exact) mass is 270 g/mol. The standard InChI is InChI=1S/C13H22N2O2S/c1-3-10(2)15-13(17)6-7-14-9-11(16)12-5-4-8-18-12/h4-5,8,10-11,14,16H,3,6-7,9H2,1-2H3,(H,15,17). The molecule has 0 aliphatic heterocycles. The van der Waals surface area contributed by atoms with Crippen LogP contribution >= 0.6 is 11.3 Å². The molecule has 4 nitrogen and oxygen atoms in total. The van der Waals surface area contributed by atoms with Crippen LogP contribution in [0.3, 0.4) is 0 Å². The van der Waals surface area contributed by atoms with Gasteiger partial charge in [-0.15, -0.1) is 11.3 Å². The molecule has 0 saturated carbocycles. The Balaban J connectivity index is 2.10. The van der Waals surface area contributed by atoms with Crippen molar-refractivity contribution in [2.45, 2.75) is 38.8 Å². The first-order valence-electron chi connectivity index (χ1n) is 6.35. The van der Waals surface area contributed by atoms with E-state index >= 15 is 0 Å². The molecule has 0 radical (unpaired) electrons. The van der Waals surface area contributed by atoms with Gasteiger partial charge in [0.15, 0.2) is 0 Å². The SMILES string of the molecule is CCC(C)NC(=O)CCNCC(O)c1cccs1. The summed E-state index contributed by atoms with van der Waals surface area (Å²) >= 11 is 1.54. The number of carbonyl (C=O) groups is 1. The van der Waals surface area contributed by atoms with Crippen molar-refractivity contribution in [3.05, 3.63) is 22.4 Å². The van der Waals surface area contributed by atoms with Gasteiger partial charge in [0.25, 0.3) is 0 Å². The molecule has 1 rings (SSSR count). The van der Waals surface area contributed by atoms with Crippen LogP contribution in [-0.2, 0) is 4.79 Å². The van der Waals surface area contributed by atoms with Crippen molar-refractivity contribution in [2.24, 2.45) is 0 Å². The van der Waals surface area contributed by atoms with Crippen LogP contribution in [0.4, 0.5) is 0 Å². The number of amides is 1. The van der Waals surface area contributed by atoms with Gasteiger partial charge < -0.3 is 15.7 Å². The molecule has 5 heteroatoms. The Morgan fingerprint density at radius 3 is 2.94 bits per heavy atom. The van der Waals surface area contributed by atoms with Crippen LogP contribution < -0.4 is 10.6 Å². The molecular weight excluding hydrogens is 248 g/mol. The second-order valence-electron chi connectivity index (χ2n) is 4.36. The molecule has 0 fully saturated rings. The van der Waals surface area contributed by atoms with Gasteiger partial charge in [0.2, 0.25) is 5.91 Å². The number of carbonyl (C=O) groups excluding carboxylic acids is 1. The van der Waals surface area contributed by atoms with E-state index < -0.39 is 6.10 Å². The summed E-state index contributed by atoms with van der Waals surface area (Å²) < 4.78 is 0. The van der Waals surface area contributed by atoms with E-state index in [-0.39, 0.29) is 11.9 Å². The number of aliphatic hydroxyl groups excluding tert-OH is 1. The normalized spacial score (nSPS) is 14.2. The number of nitrogens with one attached hydrogen (secondary N) is 2. The zero-order chi connectivity index (χ0) is 13.4. The number of aliphatic hydroxyl groups is 1. The third-order valence-electron chi connectivity index (χ3n) is 2.76. The van der Waals surface area contributed by atoms with E-state index in [0.29, 0.717) is 19.5 Å². The van der Waals surface area contributed by atoms with Crippen molar-refractivity contribution in [3.63, 3.8) is 0 Å². The highest BCUT2D eigenvalue weighted by Gasteiger charge is 2.08. The molecule has 1 aromatic rings. The lowest BCUT2D eigenvalue weighted by Crippen LogP contribution is -2.34. The first-order chi connectivity index (χ1) is 8.63. The van der Waals surface area contributed by atoms with Gasteiger partial charge in [-0.3, -0.25) is 4.79 Å². The van der Waals surface area contributed by atoms with E-state index in [1.807, 2.05) is 31.4 Å². The summed E-state index contributed by atoms with van der Waals surface area (Å²) in [7, 11) is 0. The first-order valence-corrected chi connectivity index (χ1v) is 7.23. The van der Waals surface area contributed by atoms with Gasteiger partial charge in [-0.1, -0.05) is 13.0 Å². The Bertz CT molecular complexity index is 341. The maximum Gasteiger partial charge on any atom is 0.221 e. The summed E-state index contributed by atoms with van der Waals surface area (Å²) in [6, 6.07) is 4.06. The molecule has 2 unspecified atom stereocenters. The lowest BCUT2D eigenvalue weighted by molar-refractivity contribution is -0.121. The molecule has 18 heavy (non-hydrogen) atoms. The molecule has 0 aliphatic carbocycles. The predicted octanol–water partition coefficient (Wildman–Crippen LogP) is 1.68. The molecule has 1 heterocycles. The van der Waals surface area contributed by atoms with Crippen LogP contribution in [0.15, 0.2) is 17.5 Å². The number of hydrogen-bond acceptors (Lipinski definition) is 4. The lowest BCUT2D eigenvalue weighted by atomic mass is 10.2. The van der Waals surface area contributed by atoms with Crippen LogP contribution in [-0.4, -0.2) is 30.1 Å².